The van der Waals surface area contributed by atoms with E-state index in [1.54, 1.807) is 24.3 Å². The summed E-state index contributed by atoms with van der Waals surface area (Å²) >= 11 is 1.21. The van der Waals surface area contributed by atoms with Crippen molar-refractivity contribution in [1.29, 1.82) is 0 Å². The molecule has 0 radical (unpaired) electrons. The van der Waals surface area contributed by atoms with Gasteiger partial charge in [0.25, 0.3) is 0 Å². The number of aromatic carboxylic acids is 1. The van der Waals surface area contributed by atoms with E-state index in [1.165, 1.54) is 11.9 Å². The van der Waals surface area contributed by atoms with Crippen molar-refractivity contribution in [3.63, 3.8) is 0 Å². The van der Waals surface area contributed by atoms with Gasteiger partial charge in [-0.3, -0.25) is 4.72 Å². The number of ether oxygens (including phenoxy) is 2. The van der Waals surface area contributed by atoms with Crippen molar-refractivity contribution in [3.8, 4) is 17.1 Å². The zero-order valence-electron chi connectivity index (χ0n) is 23.5. The van der Waals surface area contributed by atoms with Crippen molar-refractivity contribution in [2.45, 2.75) is 70.4 Å². The number of alkyl carbamates (subject to hydrolysis) is 1. The number of aromatic nitrogens is 2. The molecule has 3 aromatic rings. The number of carboxylic acid groups (broad SMARTS) is 1. The Morgan fingerprint density at radius 2 is 1.77 bits per heavy atom. The van der Waals surface area contributed by atoms with Crippen molar-refractivity contribution in [2.24, 2.45) is 5.92 Å². The van der Waals surface area contributed by atoms with Crippen LogP contribution in [0.1, 0.15) is 61.5 Å². The molecule has 9 nitrogen and oxygen atoms in total. The van der Waals surface area contributed by atoms with Crippen LogP contribution in [0.3, 0.4) is 0 Å². The number of rotatable bonds is 11. The highest BCUT2D eigenvalue weighted by atomic mass is 32.2. The second-order valence-electron chi connectivity index (χ2n) is 11.1. The van der Waals surface area contributed by atoms with Crippen molar-refractivity contribution in [1.82, 2.24) is 15.3 Å². The first-order valence-corrected chi connectivity index (χ1v) is 14.1. The lowest BCUT2D eigenvalue weighted by Gasteiger charge is -2.24. The van der Waals surface area contributed by atoms with E-state index in [2.05, 4.69) is 15.0 Å². The highest BCUT2D eigenvalue weighted by Crippen LogP contribution is 2.34. The van der Waals surface area contributed by atoms with E-state index in [0.29, 0.717) is 28.3 Å². The van der Waals surface area contributed by atoms with Gasteiger partial charge in [0.15, 0.2) is 0 Å². The third kappa shape index (κ3) is 8.61. The summed E-state index contributed by atoms with van der Waals surface area (Å²) in [7, 11) is 0. The number of hydrogen-bond donors (Lipinski definition) is 3. The van der Waals surface area contributed by atoms with Crippen molar-refractivity contribution in [2.75, 3.05) is 11.3 Å². The SMILES string of the molecule is Cc1cccc(C)c1-c1cc(OCC(CC2CC2)NC(=O)OC(C)(C)C)nc(NSc2cccc(C(=O)O)c2)n1. The predicted molar refractivity (Wildman–Crippen MR) is 156 cm³/mol. The van der Waals surface area contributed by atoms with E-state index in [1.807, 2.05) is 58.9 Å². The van der Waals surface area contributed by atoms with Gasteiger partial charge in [0.1, 0.15) is 12.2 Å². The Morgan fingerprint density at radius 1 is 1.07 bits per heavy atom. The molecule has 0 bridgehead atoms. The van der Waals surface area contributed by atoms with Gasteiger partial charge in [-0.15, -0.1) is 0 Å². The van der Waals surface area contributed by atoms with Gasteiger partial charge in [0, 0.05) is 16.5 Å². The van der Waals surface area contributed by atoms with Gasteiger partial charge >= 0.3 is 12.1 Å². The van der Waals surface area contributed by atoms with Gasteiger partial charge in [-0.2, -0.15) is 4.98 Å². The molecule has 1 fully saturated rings. The summed E-state index contributed by atoms with van der Waals surface area (Å²) in [6.45, 7) is 9.78. The summed E-state index contributed by atoms with van der Waals surface area (Å²) in [5, 5.41) is 12.3. The quantitative estimate of drug-likeness (QED) is 0.220. The summed E-state index contributed by atoms with van der Waals surface area (Å²) < 4.78 is 14.8. The average molecular weight is 565 g/mol. The number of benzene rings is 2. The maximum absolute atomic E-state index is 12.5. The van der Waals surface area contributed by atoms with E-state index in [4.69, 9.17) is 14.5 Å². The molecule has 3 N–H and O–H groups in total. The molecule has 1 aliphatic rings. The van der Waals surface area contributed by atoms with Crippen LogP contribution in [0.5, 0.6) is 5.88 Å². The number of hydrogen-bond acceptors (Lipinski definition) is 8. The second-order valence-corrected chi connectivity index (χ2v) is 11.9. The fourth-order valence-electron chi connectivity index (χ4n) is 4.27. The Bertz CT molecular complexity index is 1350. The molecule has 1 saturated carbocycles. The number of nitrogens with one attached hydrogen (secondary N) is 2. The molecule has 212 valence electrons. The topological polar surface area (TPSA) is 123 Å². The van der Waals surface area contributed by atoms with Gasteiger partial charge in [-0.05, 0) is 88.2 Å². The van der Waals surface area contributed by atoms with Gasteiger partial charge in [-0.25, -0.2) is 14.6 Å². The van der Waals surface area contributed by atoms with E-state index in [-0.39, 0.29) is 18.2 Å². The monoisotopic (exact) mass is 564 g/mol. The summed E-state index contributed by atoms with van der Waals surface area (Å²) in [6.07, 6.45) is 2.62. The molecule has 1 aliphatic carbocycles. The molecule has 40 heavy (non-hydrogen) atoms. The van der Waals surface area contributed by atoms with Crippen LogP contribution < -0.4 is 14.8 Å². The molecule has 1 atom stereocenters. The van der Waals surface area contributed by atoms with Gasteiger partial charge in [0.05, 0.1) is 17.3 Å². The van der Waals surface area contributed by atoms with Gasteiger partial charge in [-0.1, -0.05) is 37.1 Å². The summed E-state index contributed by atoms with van der Waals surface area (Å²) in [6, 6.07) is 14.2. The predicted octanol–water partition coefficient (Wildman–Crippen LogP) is 6.65. The van der Waals surface area contributed by atoms with Crippen LogP contribution in [-0.4, -0.2) is 45.4 Å². The normalized spacial score (nSPS) is 13.8. The highest BCUT2D eigenvalue weighted by Gasteiger charge is 2.28. The first-order valence-electron chi connectivity index (χ1n) is 13.3. The van der Waals surface area contributed by atoms with Gasteiger partial charge in [0.2, 0.25) is 11.8 Å². The molecule has 0 spiro atoms. The zero-order valence-corrected chi connectivity index (χ0v) is 24.3. The Morgan fingerprint density at radius 3 is 2.42 bits per heavy atom. The molecular weight excluding hydrogens is 528 g/mol. The number of aryl methyl sites for hydroxylation is 2. The molecule has 2 aromatic carbocycles. The fourth-order valence-corrected chi connectivity index (χ4v) is 4.91. The number of carbonyl (C=O) groups is 2. The van der Waals surface area contributed by atoms with Crippen LogP contribution in [0.2, 0.25) is 0 Å². The second kappa shape index (κ2) is 12.6. The molecule has 1 aromatic heterocycles. The lowest BCUT2D eigenvalue weighted by atomic mass is 10.00. The van der Waals surface area contributed by atoms with E-state index in [9.17, 15) is 14.7 Å². The minimum atomic E-state index is -0.993. The molecule has 4 rings (SSSR count). The van der Waals surface area contributed by atoms with Crippen LogP contribution in [0.4, 0.5) is 10.7 Å². The Hall–Kier alpha value is -3.79. The number of carboxylic acids is 1. The lowest BCUT2D eigenvalue weighted by Crippen LogP contribution is -2.42. The zero-order chi connectivity index (χ0) is 28.9. The molecular formula is C30H36N4O5S. The van der Waals surface area contributed by atoms with Crippen LogP contribution in [0.25, 0.3) is 11.3 Å². The molecule has 1 amide bonds. The number of anilines is 1. The van der Waals surface area contributed by atoms with E-state index >= 15 is 0 Å². The number of carbonyl (C=O) groups excluding carboxylic acids is 1. The van der Waals surface area contributed by atoms with E-state index < -0.39 is 17.7 Å². The first kappa shape index (κ1) is 29.2. The third-order valence-electron chi connectivity index (χ3n) is 6.25. The average Bonchev–Trinajstić information content (AvgIpc) is 3.69. The smallest absolute Gasteiger partial charge is 0.407 e. The molecule has 10 heteroatoms. The number of amides is 1. The lowest BCUT2D eigenvalue weighted by molar-refractivity contribution is 0.0481. The summed E-state index contributed by atoms with van der Waals surface area (Å²) in [5.41, 5.74) is 3.41. The van der Waals surface area contributed by atoms with Crippen molar-refractivity contribution < 1.29 is 24.2 Å². The van der Waals surface area contributed by atoms with E-state index in [0.717, 1.165) is 36.0 Å². The Labute approximate surface area is 239 Å². The molecule has 0 aliphatic heterocycles. The van der Waals surface area contributed by atoms with Crippen LogP contribution in [0.15, 0.2) is 53.4 Å². The van der Waals surface area contributed by atoms with Crippen LogP contribution in [-0.2, 0) is 4.74 Å². The highest BCUT2D eigenvalue weighted by molar-refractivity contribution is 8.00. The van der Waals surface area contributed by atoms with Crippen molar-refractivity contribution in [3.05, 3.63) is 65.2 Å². The summed E-state index contributed by atoms with van der Waals surface area (Å²) in [4.78, 5) is 33.9. The minimum Gasteiger partial charge on any atom is -0.478 e. The van der Waals surface area contributed by atoms with Crippen molar-refractivity contribution >= 4 is 30.0 Å². The number of nitrogens with zero attached hydrogens (tertiary/aromatic N) is 2. The Kier molecular flexibility index (Phi) is 9.19. The maximum atomic E-state index is 12.5. The summed E-state index contributed by atoms with van der Waals surface area (Å²) in [5.74, 6) is 0.253. The van der Waals surface area contributed by atoms with Crippen LogP contribution >= 0.6 is 11.9 Å². The molecule has 1 unspecified atom stereocenters. The molecule has 1 heterocycles. The fraction of sp³-hybridized carbons (Fsp3) is 0.400. The first-order chi connectivity index (χ1) is 19.0. The third-order valence-corrected chi connectivity index (χ3v) is 7.02. The standard InChI is InChI=1S/C30H36N4O5S/c1-18-8-6-9-19(2)26(18)24-16-25(33-28(32-24)34-40-23-11-7-10-21(15-23)27(35)36)38-17-22(14-20-12-13-20)31-29(37)39-30(3,4)5/h6-11,15-16,20,22H,12-14,17H2,1-5H3,(H,31,37)(H,35,36)(H,32,33,34). The minimum absolute atomic E-state index is 0.195. The molecule has 0 saturated heterocycles. The largest absolute Gasteiger partial charge is 0.478 e. The maximum Gasteiger partial charge on any atom is 0.407 e. The Balaban J connectivity index is 1.56. The van der Waals surface area contributed by atoms with Crippen LogP contribution in [0, 0.1) is 19.8 Å². The van der Waals surface area contributed by atoms with Gasteiger partial charge < -0.3 is 19.9 Å².